The van der Waals surface area contributed by atoms with Crippen molar-refractivity contribution in [1.29, 1.82) is 0 Å². The first-order chi connectivity index (χ1) is 7.02. The van der Waals surface area contributed by atoms with Gasteiger partial charge in [-0.05, 0) is 12.1 Å². The Bertz CT molecular complexity index is 425. The fraction of sp³-hybridized carbons (Fsp3) is 0.100. The molecule has 0 aliphatic rings. The molecule has 0 atom stereocenters. The van der Waals surface area contributed by atoms with Crippen molar-refractivity contribution in [3.8, 4) is 0 Å². The zero-order valence-corrected chi connectivity index (χ0v) is 8.32. The van der Waals surface area contributed by atoms with Crippen molar-refractivity contribution < 1.29 is 19.5 Å². The van der Waals surface area contributed by atoms with Crippen LogP contribution in [0.25, 0.3) is 0 Å². The lowest BCUT2D eigenvalue weighted by atomic mass is 10.1. The highest BCUT2D eigenvalue weighted by molar-refractivity contribution is 6.39. The van der Waals surface area contributed by atoms with Crippen LogP contribution in [0.5, 0.6) is 0 Å². The zero-order valence-electron chi connectivity index (χ0n) is 7.57. The molecular weight excluding hydrogens is 220 g/mol. The van der Waals surface area contributed by atoms with Crippen molar-refractivity contribution in [2.24, 2.45) is 0 Å². The molecule has 0 radical (unpaired) electrons. The van der Waals surface area contributed by atoms with Crippen LogP contribution in [0, 0.1) is 0 Å². The molecule has 78 valence electrons. The van der Waals surface area contributed by atoms with Crippen molar-refractivity contribution in [2.75, 3.05) is 0 Å². The molecule has 4 nitrogen and oxygen atoms in total. The number of aliphatic carboxylic acids is 1. The quantitative estimate of drug-likeness (QED) is 0.481. The van der Waals surface area contributed by atoms with Gasteiger partial charge in [0.25, 0.3) is 0 Å². The molecule has 0 aliphatic carbocycles. The van der Waals surface area contributed by atoms with Gasteiger partial charge in [-0.25, -0.2) is 4.79 Å². The van der Waals surface area contributed by atoms with Gasteiger partial charge in [0.2, 0.25) is 5.78 Å². The van der Waals surface area contributed by atoms with E-state index in [-0.39, 0.29) is 10.6 Å². The molecule has 1 aromatic carbocycles. The Morgan fingerprint density at radius 3 is 2.33 bits per heavy atom. The van der Waals surface area contributed by atoms with Crippen LogP contribution in [0.3, 0.4) is 0 Å². The van der Waals surface area contributed by atoms with E-state index in [0.717, 1.165) is 0 Å². The van der Waals surface area contributed by atoms with Crippen molar-refractivity contribution in [2.45, 2.75) is 6.42 Å². The van der Waals surface area contributed by atoms with Crippen LogP contribution in [0.1, 0.15) is 16.8 Å². The summed E-state index contributed by atoms with van der Waals surface area (Å²) in [5.41, 5.74) is 0.161. The number of carbonyl (C=O) groups excluding carboxylic acids is 2. The molecule has 0 saturated carbocycles. The molecule has 15 heavy (non-hydrogen) atoms. The molecule has 1 rings (SSSR count). The zero-order chi connectivity index (χ0) is 11.4. The van der Waals surface area contributed by atoms with E-state index in [0.29, 0.717) is 0 Å². The maximum Gasteiger partial charge on any atom is 0.372 e. The number of hydrogen-bond donors (Lipinski definition) is 1. The highest BCUT2D eigenvalue weighted by Gasteiger charge is 2.18. The third-order valence-electron chi connectivity index (χ3n) is 1.73. The summed E-state index contributed by atoms with van der Waals surface area (Å²) in [6.07, 6.45) is -0.668. The third-order valence-corrected chi connectivity index (χ3v) is 2.06. The molecule has 0 aliphatic heterocycles. The Morgan fingerprint density at radius 2 is 1.80 bits per heavy atom. The second kappa shape index (κ2) is 4.70. The number of carboxylic acids is 1. The van der Waals surface area contributed by atoms with Gasteiger partial charge < -0.3 is 5.11 Å². The first-order valence-corrected chi connectivity index (χ1v) is 4.44. The van der Waals surface area contributed by atoms with E-state index in [9.17, 15) is 14.4 Å². The van der Waals surface area contributed by atoms with Crippen LogP contribution >= 0.6 is 11.6 Å². The van der Waals surface area contributed by atoms with E-state index in [4.69, 9.17) is 16.7 Å². The summed E-state index contributed by atoms with van der Waals surface area (Å²) in [6, 6.07) is 6.17. The Hall–Kier alpha value is -1.68. The van der Waals surface area contributed by atoms with Crippen molar-refractivity contribution in [3.63, 3.8) is 0 Å². The van der Waals surface area contributed by atoms with Gasteiger partial charge in [0.15, 0.2) is 5.78 Å². The highest BCUT2D eigenvalue weighted by Crippen LogP contribution is 2.16. The first-order valence-electron chi connectivity index (χ1n) is 4.06. The third kappa shape index (κ3) is 2.89. The Balaban J connectivity index is 2.83. The number of hydrogen-bond acceptors (Lipinski definition) is 3. The summed E-state index contributed by atoms with van der Waals surface area (Å²) in [5, 5.41) is 8.52. The number of ketones is 2. The molecule has 0 spiro atoms. The molecule has 1 aromatic rings. The second-order valence-electron chi connectivity index (χ2n) is 2.81. The van der Waals surface area contributed by atoms with Gasteiger partial charge in [0, 0.05) is 5.56 Å². The predicted molar refractivity (Wildman–Crippen MR) is 53.0 cm³/mol. The molecule has 0 unspecified atom stereocenters. The van der Waals surface area contributed by atoms with Crippen molar-refractivity contribution in [3.05, 3.63) is 34.9 Å². The second-order valence-corrected chi connectivity index (χ2v) is 3.22. The molecule has 0 amide bonds. The molecule has 0 aromatic heterocycles. The Kier molecular flexibility index (Phi) is 3.57. The van der Waals surface area contributed by atoms with E-state index in [2.05, 4.69) is 0 Å². The van der Waals surface area contributed by atoms with Crippen LogP contribution < -0.4 is 0 Å². The van der Waals surface area contributed by atoms with Crippen LogP contribution in [0.2, 0.25) is 5.02 Å². The fourth-order valence-corrected chi connectivity index (χ4v) is 1.25. The lowest BCUT2D eigenvalue weighted by Crippen LogP contribution is -2.17. The molecule has 1 N–H and O–H groups in total. The van der Waals surface area contributed by atoms with Gasteiger partial charge in [-0.2, -0.15) is 0 Å². The highest BCUT2D eigenvalue weighted by atomic mass is 35.5. The predicted octanol–water partition coefficient (Wildman–Crippen LogP) is 1.57. The summed E-state index contributed by atoms with van der Waals surface area (Å²) >= 11 is 5.70. The SMILES string of the molecule is O=C(O)C(=O)CC(=O)c1ccccc1Cl. The fourth-order valence-electron chi connectivity index (χ4n) is 1.00. The smallest absolute Gasteiger partial charge is 0.372 e. The molecule has 5 heteroatoms. The Labute approximate surface area is 90.5 Å². The van der Waals surface area contributed by atoms with Gasteiger partial charge in [0.1, 0.15) is 0 Å². The minimum Gasteiger partial charge on any atom is -0.475 e. The molecule has 0 heterocycles. The van der Waals surface area contributed by atoms with Gasteiger partial charge >= 0.3 is 5.97 Å². The average molecular weight is 227 g/mol. The normalized spacial score (nSPS) is 9.67. The lowest BCUT2D eigenvalue weighted by molar-refractivity contribution is -0.148. The standard InChI is InChI=1S/C10H7ClO4/c11-7-4-2-1-3-6(7)8(12)5-9(13)10(14)15/h1-4H,5H2,(H,14,15). The largest absolute Gasteiger partial charge is 0.475 e. The summed E-state index contributed by atoms with van der Waals surface area (Å²) in [4.78, 5) is 32.4. The lowest BCUT2D eigenvalue weighted by Gasteiger charge is -2.00. The number of benzene rings is 1. The molecule has 0 fully saturated rings. The molecule has 0 saturated heterocycles. The molecule has 0 bridgehead atoms. The van der Waals surface area contributed by atoms with Gasteiger partial charge in [0.05, 0.1) is 11.4 Å². The first kappa shape index (κ1) is 11.4. The van der Waals surface area contributed by atoms with Crippen LogP contribution in [0.4, 0.5) is 0 Å². The maximum atomic E-state index is 11.4. The van der Waals surface area contributed by atoms with E-state index in [1.165, 1.54) is 12.1 Å². The number of halogens is 1. The monoisotopic (exact) mass is 226 g/mol. The number of Topliss-reactive ketones (excluding diaryl/α,β-unsaturated/α-hetero) is 2. The van der Waals surface area contributed by atoms with Crippen LogP contribution in [0.15, 0.2) is 24.3 Å². The summed E-state index contributed by atoms with van der Waals surface area (Å²) < 4.78 is 0. The van der Waals surface area contributed by atoms with E-state index in [1.807, 2.05) is 0 Å². The average Bonchev–Trinajstić information content (AvgIpc) is 2.18. The topological polar surface area (TPSA) is 71.4 Å². The minimum absolute atomic E-state index is 0.161. The number of carbonyl (C=O) groups is 3. The summed E-state index contributed by atoms with van der Waals surface area (Å²) in [5.74, 6) is -3.34. The summed E-state index contributed by atoms with van der Waals surface area (Å²) in [6.45, 7) is 0. The van der Waals surface area contributed by atoms with E-state index in [1.54, 1.807) is 12.1 Å². The van der Waals surface area contributed by atoms with Gasteiger partial charge in [-0.3, -0.25) is 9.59 Å². The van der Waals surface area contributed by atoms with Gasteiger partial charge in [-0.1, -0.05) is 23.7 Å². The van der Waals surface area contributed by atoms with Crippen molar-refractivity contribution >= 4 is 29.1 Å². The van der Waals surface area contributed by atoms with Crippen LogP contribution in [-0.2, 0) is 9.59 Å². The van der Waals surface area contributed by atoms with E-state index >= 15 is 0 Å². The van der Waals surface area contributed by atoms with E-state index < -0.39 is 24.0 Å². The van der Waals surface area contributed by atoms with Crippen molar-refractivity contribution in [1.82, 2.24) is 0 Å². The minimum atomic E-state index is -1.62. The van der Waals surface area contributed by atoms with Crippen LogP contribution in [-0.4, -0.2) is 22.6 Å². The Morgan fingerprint density at radius 1 is 1.20 bits per heavy atom. The molecular formula is C10H7ClO4. The maximum absolute atomic E-state index is 11.4. The van der Waals surface area contributed by atoms with Gasteiger partial charge in [-0.15, -0.1) is 0 Å². The number of carboxylic acid groups (broad SMARTS) is 1. The number of rotatable bonds is 4. The summed E-state index contributed by atoms with van der Waals surface area (Å²) in [7, 11) is 0.